The summed E-state index contributed by atoms with van der Waals surface area (Å²) in [7, 11) is 0. The van der Waals surface area contributed by atoms with Crippen LogP contribution in [0.15, 0.2) is 29.4 Å². The smallest absolute Gasteiger partial charge is 0.305 e. The molecule has 0 spiro atoms. The van der Waals surface area contributed by atoms with Crippen LogP contribution < -0.4 is 0 Å². The van der Waals surface area contributed by atoms with Gasteiger partial charge in [0.05, 0.1) is 6.10 Å². The van der Waals surface area contributed by atoms with Gasteiger partial charge in [-0.15, -0.1) is 0 Å². The van der Waals surface area contributed by atoms with Gasteiger partial charge in [0.15, 0.2) is 5.71 Å². The highest BCUT2D eigenvalue weighted by Gasteiger charge is 2.24. The third kappa shape index (κ3) is 4.37. The van der Waals surface area contributed by atoms with Gasteiger partial charge in [-0.1, -0.05) is 29.4 Å². The number of hydrogen-bond acceptors (Lipinski definition) is 5. The highest BCUT2D eigenvalue weighted by atomic mass is 16.7. The van der Waals surface area contributed by atoms with Crippen molar-refractivity contribution in [2.75, 3.05) is 0 Å². The number of rotatable bonds is 5. The first-order chi connectivity index (χ1) is 8.95. The van der Waals surface area contributed by atoms with Gasteiger partial charge in [0.25, 0.3) is 6.29 Å². The van der Waals surface area contributed by atoms with Crippen molar-refractivity contribution in [2.45, 2.75) is 40.1 Å². The first kappa shape index (κ1) is 15.2. The lowest BCUT2D eigenvalue weighted by Gasteiger charge is -2.21. The summed E-state index contributed by atoms with van der Waals surface area (Å²) in [4.78, 5) is 11.1. The zero-order chi connectivity index (χ0) is 14.4. The van der Waals surface area contributed by atoms with Crippen molar-refractivity contribution in [2.24, 2.45) is 5.16 Å². The molecule has 1 rings (SSSR count). The van der Waals surface area contributed by atoms with E-state index >= 15 is 0 Å². The number of hydrogen-bond donors (Lipinski definition) is 1. The molecule has 0 radical (unpaired) electrons. The van der Waals surface area contributed by atoms with Gasteiger partial charge in [-0.05, 0) is 26.3 Å². The fourth-order valence-electron chi connectivity index (χ4n) is 1.63. The Morgan fingerprint density at radius 2 is 1.95 bits per heavy atom. The first-order valence-electron chi connectivity index (χ1n) is 6.06. The molecule has 0 saturated heterocycles. The highest BCUT2D eigenvalue weighted by Crippen LogP contribution is 2.15. The van der Waals surface area contributed by atoms with Crippen molar-refractivity contribution >= 4 is 11.7 Å². The summed E-state index contributed by atoms with van der Waals surface area (Å²) >= 11 is 0. The minimum absolute atomic E-state index is 0.176. The van der Waals surface area contributed by atoms with Gasteiger partial charge >= 0.3 is 5.97 Å². The van der Waals surface area contributed by atoms with Crippen molar-refractivity contribution in [1.29, 1.82) is 0 Å². The number of oxime groups is 1. The molecule has 0 heterocycles. The summed E-state index contributed by atoms with van der Waals surface area (Å²) in [6.45, 7) is 6.77. The lowest BCUT2D eigenvalue weighted by atomic mass is 10.0. The van der Waals surface area contributed by atoms with E-state index < -0.39 is 12.3 Å². The van der Waals surface area contributed by atoms with E-state index in [2.05, 4.69) is 5.16 Å². The molecule has 0 amide bonds. The van der Waals surface area contributed by atoms with E-state index in [1.807, 2.05) is 39.0 Å². The quantitative estimate of drug-likeness (QED) is 0.292. The molecule has 0 saturated carbocycles. The summed E-state index contributed by atoms with van der Waals surface area (Å²) < 4.78 is 10.6. The molecule has 0 aliphatic carbocycles. The van der Waals surface area contributed by atoms with E-state index in [0.29, 0.717) is 5.56 Å². The van der Waals surface area contributed by atoms with Crippen LogP contribution in [0.5, 0.6) is 0 Å². The second-order valence-corrected chi connectivity index (χ2v) is 4.43. The van der Waals surface area contributed by atoms with Gasteiger partial charge in [0, 0.05) is 12.5 Å². The van der Waals surface area contributed by atoms with Gasteiger partial charge in [-0.2, -0.15) is 0 Å². The van der Waals surface area contributed by atoms with E-state index in [-0.39, 0.29) is 11.8 Å². The molecule has 0 aromatic heterocycles. The zero-order valence-corrected chi connectivity index (χ0v) is 11.6. The molecule has 0 bridgehead atoms. The molecule has 1 aromatic rings. The normalized spacial score (nSPS) is 13.4. The van der Waals surface area contributed by atoms with Crippen molar-refractivity contribution in [3.8, 4) is 0 Å². The lowest BCUT2D eigenvalue weighted by Crippen LogP contribution is -2.33. The summed E-state index contributed by atoms with van der Waals surface area (Å²) in [6.07, 6.45) is -1.20. The van der Waals surface area contributed by atoms with Gasteiger partial charge in [-0.3, -0.25) is 4.79 Å². The van der Waals surface area contributed by atoms with Crippen LogP contribution in [0.25, 0.3) is 0 Å². The lowest BCUT2D eigenvalue weighted by molar-refractivity contribution is -0.167. The molecule has 0 aliphatic rings. The van der Waals surface area contributed by atoms with Crippen LogP contribution in [0.2, 0.25) is 0 Å². The van der Waals surface area contributed by atoms with Crippen LogP contribution in [-0.4, -0.2) is 29.3 Å². The van der Waals surface area contributed by atoms with Crippen molar-refractivity contribution in [3.63, 3.8) is 0 Å². The molecule has 5 heteroatoms. The SMILES string of the molecule is CC(=O)OC(OC(C)C)/C(=N\O)c1ccccc1C. The Hall–Kier alpha value is -1.88. The maximum absolute atomic E-state index is 11.1. The Bertz CT molecular complexity index is 468. The fourth-order valence-corrected chi connectivity index (χ4v) is 1.63. The maximum atomic E-state index is 11.1. The minimum Gasteiger partial charge on any atom is -0.430 e. The Labute approximate surface area is 112 Å². The average molecular weight is 265 g/mol. The van der Waals surface area contributed by atoms with E-state index in [0.717, 1.165) is 5.56 Å². The number of benzene rings is 1. The predicted molar refractivity (Wildman–Crippen MR) is 71.3 cm³/mol. The minimum atomic E-state index is -1.02. The van der Waals surface area contributed by atoms with Crippen LogP contribution in [-0.2, 0) is 14.3 Å². The van der Waals surface area contributed by atoms with Crippen LogP contribution in [0.1, 0.15) is 31.9 Å². The van der Waals surface area contributed by atoms with Crippen LogP contribution in [0.4, 0.5) is 0 Å². The summed E-state index contributed by atoms with van der Waals surface area (Å²) in [5.41, 5.74) is 1.76. The molecule has 1 N–H and O–H groups in total. The molecule has 5 nitrogen and oxygen atoms in total. The average Bonchev–Trinajstić information content (AvgIpc) is 2.30. The Balaban J connectivity index is 3.10. The molecule has 1 atom stereocenters. The molecule has 0 aliphatic heterocycles. The first-order valence-corrected chi connectivity index (χ1v) is 6.06. The molecule has 19 heavy (non-hydrogen) atoms. The Kier molecular flexibility index (Phi) is 5.51. The van der Waals surface area contributed by atoms with Crippen LogP contribution in [0.3, 0.4) is 0 Å². The fraction of sp³-hybridized carbons (Fsp3) is 0.429. The monoisotopic (exact) mass is 265 g/mol. The van der Waals surface area contributed by atoms with Gasteiger partial charge in [-0.25, -0.2) is 0 Å². The third-order valence-corrected chi connectivity index (χ3v) is 2.42. The van der Waals surface area contributed by atoms with E-state index in [9.17, 15) is 10.0 Å². The molecular weight excluding hydrogens is 246 g/mol. The Morgan fingerprint density at radius 3 is 2.42 bits per heavy atom. The summed E-state index contributed by atoms with van der Waals surface area (Å²) in [6, 6.07) is 7.34. The van der Waals surface area contributed by atoms with Gasteiger partial charge < -0.3 is 14.7 Å². The van der Waals surface area contributed by atoms with E-state index in [1.54, 1.807) is 6.07 Å². The molecular formula is C14H19NO4. The third-order valence-electron chi connectivity index (χ3n) is 2.42. The van der Waals surface area contributed by atoms with Crippen LogP contribution in [0, 0.1) is 6.92 Å². The van der Waals surface area contributed by atoms with Crippen molar-refractivity contribution in [1.82, 2.24) is 0 Å². The van der Waals surface area contributed by atoms with E-state index in [1.165, 1.54) is 6.92 Å². The number of ether oxygens (including phenoxy) is 2. The number of nitrogens with zero attached hydrogens (tertiary/aromatic N) is 1. The largest absolute Gasteiger partial charge is 0.430 e. The summed E-state index contributed by atoms with van der Waals surface area (Å²) in [5, 5.41) is 12.5. The van der Waals surface area contributed by atoms with Crippen LogP contribution >= 0.6 is 0 Å². The Morgan fingerprint density at radius 1 is 1.32 bits per heavy atom. The zero-order valence-electron chi connectivity index (χ0n) is 11.6. The topological polar surface area (TPSA) is 68.1 Å². The molecule has 1 unspecified atom stereocenters. The number of esters is 1. The van der Waals surface area contributed by atoms with Crippen molar-refractivity contribution < 1.29 is 19.5 Å². The highest BCUT2D eigenvalue weighted by molar-refractivity contribution is 6.04. The number of aryl methyl sites for hydroxylation is 1. The summed E-state index contributed by atoms with van der Waals surface area (Å²) in [5.74, 6) is -0.500. The molecule has 1 aromatic carbocycles. The maximum Gasteiger partial charge on any atom is 0.305 e. The molecule has 104 valence electrons. The number of carbonyl (C=O) groups is 1. The standard InChI is InChI=1S/C14H19NO4/c1-9(2)18-14(19-11(4)16)13(15-17)12-8-6-5-7-10(12)3/h5-9,14,17H,1-4H3/b15-13-. The van der Waals surface area contributed by atoms with Crippen molar-refractivity contribution in [3.05, 3.63) is 35.4 Å². The van der Waals surface area contributed by atoms with E-state index in [4.69, 9.17) is 9.47 Å². The predicted octanol–water partition coefficient (Wildman–Crippen LogP) is 2.49. The number of carbonyl (C=O) groups excluding carboxylic acids is 1. The van der Waals surface area contributed by atoms with Gasteiger partial charge in [0.1, 0.15) is 0 Å². The second kappa shape index (κ2) is 6.89. The molecule has 0 fully saturated rings. The second-order valence-electron chi connectivity index (χ2n) is 4.43. The van der Waals surface area contributed by atoms with Gasteiger partial charge in [0.2, 0.25) is 0 Å².